The molecule has 3 fully saturated rings. The third kappa shape index (κ3) is 7.47. The van der Waals surface area contributed by atoms with E-state index in [1.165, 1.54) is 44.4 Å². The van der Waals surface area contributed by atoms with Crippen molar-refractivity contribution in [1.29, 1.82) is 0 Å². The van der Waals surface area contributed by atoms with E-state index in [2.05, 4.69) is 4.99 Å². The Morgan fingerprint density at radius 2 is 1.63 bits per heavy atom. The highest BCUT2D eigenvalue weighted by atomic mass is 35.5. The van der Waals surface area contributed by atoms with Crippen molar-refractivity contribution in [2.75, 3.05) is 7.11 Å². The molecule has 0 spiro atoms. The number of nitro benzene ring substituents is 1. The van der Waals surface area contributed by atoms with E-state index in [-0.39, 0.29) is 52.3 Å². The van der Waals surface area contributed by atoms with Gasteiger partial charge in [-0.1, -0.05) is 17.7 Å². The molecule has 4 aliphatic rings. The summed E-state index contributed by atoms with van der Waals surface area (Å²) in [5.74, 6) is -1.04. The molecule has 52 heavy (non-hydrogen) atoms. The molecule has 0 amide bonds. The molecule has 282 valence electrons. The van der Waals surface area contributed by atoms with Gasteiger partial charge in [-0.2, -0.15) is 0 Å². The summed E-state index contributed by atoms with van der Waals surface area (Å²) in [5, 5.41) is 96.1. The van der Waals surface area contributed by atoms with Crippen molar-refractivity contribution in [1.82, 2.24) is 0 Å². The Bertz CT molecular complexity index is 1750. The van der Waals surface area contributed by atoms with Crippen molar-refractivity contribution < 1.29 is 69.5 Å². The molecule has 0 aromatic heterocycles. The largest absolute Gasteiger partial charge is 0.511 e. The number of non-ortho nitro benzene ring substituents is 1. The first kappa shape index (κ1) is 37.9. The molecule has 4 unspecified atom stereocenters. The Kier molecular flexibility index (Phi) is 11.1. The van der Waals surface area contributed by atoms with E-state index in [9.17, 15) is 51.0 Å². The number of nitrogens with zero attached hydrogens (tertiary/aromatic N) is 2. The maximum Gasteiger partial charge on any atom is 0.271 e. The summed E-state index contributed by atoms with van der Waals surface area (Å²) in [5.41, 5.74) is 0.876. The zero-order valence-electron chi connectivity index (χ0n) is 27.7. The minimum atomic E-state index is -1.78. The van der Waals surface area contributed by atoms with Crippen LogP contribution in [0.4, 0.5) is 11.4 Å². The number of halogens is 1. The number of allylic oxidation sites excluding steroid dienone is 1. The van der Waals surface area contributed by atoms with Crippen molar-refractivity contribution in [3.63, 3.8) is 0 Å². The van der Waals surface area contributed by atoms with Crippen LogP contribution in [0, 0.1) is 16.0 Å². The van der Waals surface area contributed by atoms with Gasteiger partial charge in [-0.3, -0.25) is 15.1 Å². The number of methoxy groups -OCH3 is 1. The van der Waals surface area contributed by atoms with Crippen LogP contribution >= 0.6 is 11.6 Å². The SMILES string of the molecule is COc1ccc([C@@H]2CC(=Nc3ccc([N+](=O)[O-])cc3Cl)C3C(O)=CC(O[C@H]4C[C@@H](OC5O[C@H](C)[C@@H](O)[C@H](O)C5O)[C@H](O)[C@@H](O)[C@@H]4O)=CC3O2)cc1O. The maximum atomic E-state index is 11.4. The Balaban J connectivity index is 1.28. The van der Waals surface area contributed by atoms with Crippen molar-refractivity contribution in [3.05, 3.63) is 80.8 Å². The number of benzene rings is 2. The molecule has 0 bridgehead atoms. The number of ether oxygens (including phenoxy) is 5. The molecule has 2 aromatic carbocycles. The number of aliphatic hydroxyl groups is 7. The second kappa shape index (κ2) is 15.2. The van der Waals surface area contributed by atoms with Gasteiger partial charge in [0.15, 0.2) is 17.8 Å². The third-order valence-corrected chi connectivity index (χ3v) is 9.96. The number of nitro groups is 1. The molecule has 17 nitrogen and oxygen atoms in total. The first-order chi connectivity index (χ1) is 24.7. The number of rotatable bonds is 8. The van der Waals surface area contributed by atoms with E-state index in [1.807, 2.05) is 0 Å². The predicted molar refractivity (Wildman–Crippen MR) is 179 cm³/mol. The molecule has 2 saturated heterocycles. The van der Waals surface area contributed by atoms with Gasteiger partial charge in [0, 0.05) is 36.8 Å². The van der Waals surface area contributed by atoms with E-state index in [4.69, 9.17) is 35.3 Å². The Labute approximate surface area is 301 Å². The molecule has 2 aromatic rings. The lowest BCUT2D eigenvalue weighted by Crippen LogP contribution is -2.62. The van der Waals surface area contributed by atoms with E-state index >= 15 is 0 Å². The predicted octanol–water partition coefficient (Wildman–Crippen LogP) is 1.60. The van der Waals surface area contributed by atoms with E-state index in [0.717, 1.165) is 6.07 Å². The van der Waals surface area contributed by atoms with Crippen LogP contribution in [0.25, 0.3) is 0 Å². The van der Waals surface area contributed by atoms with Crippen molar-refractivity contribution in [3.8, 4) is 11.5 Å². The smallest absolute Gasteiger partial charge is 0.271 e. The molecule has 6 rings (SSSR count). The molecule has 18 heteroatoms. The van der Waals surface area contributed by atoms with Gasteiger partial charge in [0.2, 0.25) is 0 Å². The summed E-state index contributed by atoms with van der Waals surface area (Å²) in [6, 6.07) is 8.47. The zero-order chi connectivity index (χ0) is 37.6. The van der Waals surface area contributed by atoms with Crippen LogP contribution in [-0.2, 0) is 18.9 Å². The minimum absolute atomic E-state index is 0.00248. The normalized spacial score (nSPS) is 37.1. The monoisotopic (exact) mass is 750 g/mol. The number of fused-ring (bicyclic) bond motifs is 1. The summed E-state index contributed by atoms with van der Waals surface area (Å²) in [7, 11) is 1.40. The van der Waals surface area contributed by atoms with E-state index in [0.29, 0.717) is 11.3 Å². The second-order valence-corrected chi connectivity index (χ2v) is 13.5. The molecule has 0 radical (unpaired) electrons. The molecule has 13 atom stereocenters. The van der Waals surface area contributed by atoms with Crippen LogP contribution in [0.3, 0.4) is 0 Å². The van der Waals surface area contributed by atoms with Crippen molar-refractivity contribution >= 4 is 28.7 Å². The van der Waals surface area contributed by atoms with Crippen molar-refractivity contribution in [2.45, 2.75) is 93.2 Å². The summed E-state index contributed by atoms with van der Waals surface area (Å²) in [6.07, 6.45) is -13.8. The standard InChI is InChI=1S/C34H39ClN2O15/c1-13-28(40)31(43)33(45)34(49-13)52-26-12-25(29(41)32(44)30(26)42)50-16-9-21(39)27-19(36-18-5-4-15(37(46)47)8-17(18)35)11-23(51-24(27)10-16)14-3-6-22(48-2)20(38)7-14/h3-10,13,23-34,38-45H,11-12H2,1-2H3/t13-,23+,24?,25+,26-,27?,28-,29-,30+,31+,32+,33?,34?/m1/s1. The van der Waals surface area contributed by atoms with E-state index < -0.39 is 84.3 Å². The fourth-order valence-corrected chi connectivity index (χ4v) is 6.98. The minimum Gasteiger partial charge on any atom is -0.511 e. The second-order valence-electron chi connectivity index (χ2n) is 13.1. The van der Waals surface area contributed by atoms with Crippen LogP contribution < -0.4 is 4.74 Å². The molecule has 2 aliphatic heterocycles. The van der Waals surface area contributed by atoms with E-state index in [1.54, 1.807) is 12.1 Å². The van der Waals surface area contributed by atoms with Crippen molar-refractivity contribution in [2.24, 2.45) is 10.9 Å². The summed E-state index contributed by atoms with van der Waals surface area (Å²) >= 11 is 6.36. The lowest BCUT2D eigenvalue weighted by Gasteiger charge is -2.45. The number of phenols is 1. The average Bonchev–Trinajstić information content (AvgIpc) is 3.11. The Morgan fingerprint density at radius 3 is 2.31 bits per heavy atom. The van der Waals surface area contributed by atoms with Gasteiger partial charge < -0.3 is 64.5 Å². The number of hydrogen-bond acceptors (Lipinski definition) is 16. The summed E-state index contributed by atoms with van der Waals surface area (Å²) in [4.78, 5) is 15.4. The fourth-order valence-electron chi connectivity index (χ4n) is 6.77. The van der Waals surface area contributed by atoms with Crippen LogP contribution in [0.5, 0.6) is 11.5 Å². The Hall–Kier alpha value is -3.88. The topological polar surface area (TPSA) is 263 Å². The van der Waals surface area contributed by atoms with Gasteiger partial charge in [0.25, 0.3) is 5.69 Å². The first-order valence-electron chi connectivity index (χ1n) is 16.4. The Morgan fingerprint density at radius 1 is 0.923 bits per heavy atom. The third-order valence-electron chi connectivity index (χ3n) is 9.65. The number of aliphatic hydroxyl groups excluding tert-OH is 7. The van der Waals surface area contributed by atoms with Crippen LogP contribution in [0.2, 0.25) is 5.02 Å². The quantitative estimate of drug-likeness (QED) is 0.141. The van der Waals surface area contributed by atoms with Gasteiger partial charge in [-0.05, 0) is 36.8 Å². The van der Waals surface area contributed by atoms with Gasteiger partial charge in [0.1, 0.15) is 54.2 Å². The zero-order valence-corrected chi connectivity index (χ0v) is 28.5. The lowest BCUT2D eigenvalue weighted by atomic mass is 9.83. The number of phenolic OH excluding ortho intramolecular Hbond substituents is 1. The highest BCUT2D eigenvalue weighted by molar-refractivity contribution is 6.33. The summed E-state index contributed by atoms with van der Waals surface area (Å²) < 4.78 is 28.8. The number of hydrogen-bond donors (Lipinski definition) is 8. The number of aliphatic imine (C=N–C) groups is 1. The first-order valence-corrected chi connectivity index (χ1v) is 16.8. The average molecular weight is 751 g/mol. The fraction of sp³-hybridized carbons (Fsp3) is 0.500. The molecule has 2 heterocycles. The van der Waals surface area contributed by atoms with Crippen LogP contribution in [-0.4, -0.2) is 126 Å². The van der Waals surface area contributed by atoms with Crippen LogP contribution in [0.1, 0.15) is 31.4 Å². The molecule has 8 N–H and O–H groups in total. The highest BCUT2D eigenvalue weighted by Gasteiger charge is 2.50. The van der Waals surface area contributed by atoms with Gasteiger partial charge in [-0.15, -0.1) is 0 Å². The van der Waals surface area contributed by atoms with Gasteiger partial charge in [-0.25, -0.2) is 0 Å². The number of aromatic hydroxyl groups is 1. The molecule has 1 saturated carbocycles. The van der Waals surface area contributed by atoms with Gasteiger partial charge >= 0.3 is 0 Å². The maximum absolute atomic E-state index is 11.4. The highest BCUT2D eigenvalue weighted by Crippen LogP contribution is 2.43. The molecular formula is C34H39ClN2O15. The summed E-state index contributed by atoms with van der Waals surface area (Å²) in [6.45, 7) is 1.45. The van der Waals surface area contributed by atoms with Crippen LogP contribution in [0.15, 0.2) is 65.1 Å². The molecule has 2 aliphatic carbocycles. The van der Waals surface area contributed by atoms with Gasteiger partial charge in [0.05, 0.1) is 53.1 Å². The molecular weight excluding hydrogens is 712 g/mol. The lowest BCUT2D eigenvalue weighted by molar-refractivity contribution is -0.384.